The molecular formula is C15H26O2. The molecule has 0 heterocycles. The van der Waals surface area contributed by atoms with E-state index in [1.807, 2.05) is 6.92 Å². The minimum atomic E-state index is -0.432. The molecule has 2 N–H and O–H groups in total. The average molecular weight is 238 g/mol. The second-order valence-electron chi connectivity index (χ2n) is 5.71. The SMILES string of the molecule is C/C1=C/CC/C(C)=C/CC(C)(CO)C(O)CC1. The molecule has 2 nitrogen and oxygen atoms in total. The van der Waals surface area contributed by atoms with Crippen LogP contribution in [0.2, 0.25) is 0 Å². The first-order valence-corrected chi connectivity index (χ1v) is 6.58. The fourth-order valence-corrected chi connectivity index (χ4v) is 2.18. The standard InChI is InChI=1S/C15H26O2/c1-12-5-4-6-13(2)9-10-15(3,11-16)14(17)8-7-12/h5,9,14,16-17H,4,6-8,10-11H2,1-3H3/b12-5-,13-9+. The molecule has 0 aromatic carbocycles. The Bertz CT molecular complexity index is 304. The van der Waals surface area contributed by atoms with Crippen LogP contribution in [-0.2, 0) is 0 Å². The second-order valence-corrected chi connectivity index (χ2v) is 5.71. The minimum Gasteiger partial charge on any atom is -0.396 e. The van der Waals surface area contributed by atoms with E-state index in [4.69, 9.17) is 0 Å². The van der Waals surface area contributed by atoms with Gasteiger partial charge in [-0.2, -0.15) is 0 Å². The lowest BCUT2D eigenvalue weighted by Crippen LogP contribution is -2.35. The quantitative estimate of drug-likeness (QED) is 0.689. The maximum Gasteiger partial charge on any atom is 0.0621 e. The van der Waals surface area contributed by atoms with Crippen molar-refractivity contribution in [1.29, 1.82) is 0 Å². The Morgan fingerprint density at radius 1 is 1.24 bits per heavy atom. The Labute approximate surface area is 105 Å². The first-order chi connectivity index (χ1) is 7.98. The number of allylic oxidation sites excluding steroid dienone is 4. The van der Waals surface area contributed by atoms with E-state index in [2.05, 4.69) is 26.0 Å². The molecule has 17 heavy (non-hydrogen) atoms. The molecule has 0 amide bonds. The largest absolute Gasteiger partial charge is 0.396 e. The summed E-state index contributed by atoms with van der Waals surface area (Å²) in [5, 5.41) is 19.7. The Hall–Kier alpha value is -0.600. The number of rotatable bonds is 1. The highest BCUT2D eigenvalue weighted by molar-refractivity contribution is 5.07. The van der Waals surface area contributed by atoms with Crippen LogP contribution >= 0.6 is 0 Å². The van der Waals surface area contributed by atoms with Crippen LogP contribution in [0.1, 0.15) is 52.9 Å². The van der Waals surface area contributed by atoms with Crippen molar-refractivity contribution >= 4 is 0 Å². The smallest absolute Gasteiger partial charge is 0.0621 e. The third-order valence-electron chi connectivity index (χ3n) is 3.93. The lowest BCUT2D eigenvalue weighted by molar-refractivity contribution is -0.00775. The number of aliphatic hydroxyl groups excluding tert-OH is 2. The predicted octanol–water partition coefficient (Wildman–Crippen LogP) is 3.20. The van der Waals surface area contributed by atoms with E-state index in [-0.39, 0.29) is 6.61 Å². The molecule has 0 radical (unpaired) electrons. The molecule has 0 fully saturated rings. The first-order valence-electron chi connectivity index (χ1n) is 6.58. The van der Waals surface area contributed by atoms with Gasteiger partial charge >= 0.3 is 0 Å². The fourth-order valence-electron chi connectivity index (χ4n) is 2.18. The molecule has 2 heteroatoms. The summed E-state index contributed by atoms with van der Waals surface area (Å²) in [4.78, 5) is 0. The summed E-state index contributed by atoms with van der Waals surface area (Å²) in [5.74, 6) is 0. The van der Waals surface area contributed by atoms with Crippen LogP contribution in [0.15, 0.2) is 23.3 Å². The van der Waals surface area contributed by atoms with Gasteiger partial charge in [0, 0.05) is 5.41 Å². The van der Waals surface area contributed by atoms with Gasteiger partial charge in [-0.05, 0) is 46.0 Å². The van der Waals surface area contributed by atoms with Crippen molar-refractivity contribution in [3.05, 3.63) is 23.3 Å². The molecule has 1 rings (SSSR count). The van der Waals surface area contributed by atoms with Gasteiger partial charge in [-0.25, -0.2) is 0 Å². The molecule has 2 unspecified atom stereocenters. The molecule has 2 atom stereocenters. The Morgan fingerprint density at radius 2 is 1.88 bits per heavy atom. The number of hydrogen-bond donors (Lipinski definition) is 2. The molecule has 1 aliphatic rings. The first kappa shape index (κ1) is 14.5. The van der Waals surface area contributed by atoms with E-state index in [0.29, 0.717) is 0 Å². The summed E-state index contributed by atoms with van der Waals surface area (Å²) >= 11 is 0. The van der Waals surface area contributed by atoms with Gasteiger partial charge in [-0.15, -0.1) is 0 Å². The Kier molecular flexibility index (Phi) is 5.41. The second kappa shape index (κ2) is 6.36. The normalized spacial score (nSPS) is 38.5. The highest BCUT2D eigenvalue weighted by Crippen LogP contribution is 2.31. The van der Waals surface area contributed by atoms with Gasteiger partial charge in [-0.3, -0.25) is 0 Å². The number of hydrogen-bond acceptors (Lipinski definition) is 2. The fraction of sp³-hybridized carbons (Fsp3) is 0.733. The van der Waals surface area contributed by atoms with Gasteiger partial charge in [0.25, 0.3) is 0 Å². The summed E-state index contributed by atoms with van der Waals surface area (Å²) in [5.41, 5.74) is 2.30. The van der Waals surface area contributed by atoms with Crippen molar-refractivity contribution in [3.63, 3.8) is 0 Å². The van der Waals surface area contributed by atoms with Crippen molar-refractivity contribution in [2.75, 3.05) is 6.61 Å². The van der Waals surface area contributed by atoms with Crippen molar-refractivity contribution in [1.82, 2.24) is 0 Å². The van der Waals surface area contributed by atoms with Crippen LogP contribution in [-0.4, -0.2) is 22.9 Å². The van der Waals surface area contributed by atoms with E-state index in [1.54, 1.807) is 0 Å². The Balaban J connectivity index is 2.85. The highest BCUT2D eigenvalue weighted by Gasteiger charge is 2.31. The topological polar surface area (TPSA) is 40.5 Å². The lowest BCUT2D eigenvalue weighted by atomic mass is 9.79. The molecule has 1 aliphatic carbocycles. The molecule has 0 bridgehead atoms. The third kappa shape index (κ3) is 4.29. The van der Waals surface area contributed by atoms with E-state index in [9.17, 15) is 10.2 Å². The molecule has 98 valence electrons. The maximum absolute atomic E-state index is 10.2. The van der Waals surface area contributed by atoms with Crippen LogP contribution in [0.3, 0.4) is 0 Å². The van der Waals surface area contributed by atoms with Crippen LogP contribution in [0, 0.1) is 5.41 Å². The van der Waals surface area contributed by atoms with Crippen LogP contribution in [0.5, 0.6) is 0 Å². The number of aliphatic hydroxyl groups is 2. The third-order valence-corrected chi connectivity index (χ3v) is 3.93. The zero-order valence-electron chi connectivity index (χ0n) is 11.4. The molecule has 0 saturated heterocycles. The van der Waals surface area contributed by atoms with Crippen LogP contribution in [0.4, 0.5) is 0 Å². The van der Waals surface area contributed by atoms with Gasteiger partial charge in [-0.1, -0.05) is 30.2 Å². The van der Waals surface area contributed by atoms with Gasteiger partial charge in [0.05, 0.1) is 12.7 Å². The van der Waals surface area contributed by atoms with E-state index < -0.39 is 11.5 Å². The van der Waals surface area contributed by atoms with Crippen molar-refractivity contribution in [2.24, 2.45) is 5.41 Å². The highest BCUT2D eigenvalue weighted by atomic mass is 16.3. The molecule has 0 aromatic rings. The molecule has 0 saturated carbocycles. The summed E-state index contributed by atoms with van der Waals surface area (Å²) in [6.45, 7) is 6.27. The average Bonchev–Trinajstić information content (AvgIpc) is 2.33. The summed E-state index contributed by atoms with van der Waals surface area (Å²) in [6, 6.07) is 0. The van der Waals surface area contributed by atoms with E-state index >= 15 is 0 Å². The van der Waals surface area contributed by atoms with Gasteiger partial charge in [0.15, 0.2) is 0 Å². The molecule has 0 aromatic heterocycles. The monoisotopic (exact) mass is 238 g/mol. The minimum absolute atomic E-state index is 0.0424. The molecular weight excluding hydrogens is 212 g/mol. The molecule has 0 aliphatic heterocycles. The Morgan fingerprint density at radius 3 is 2.53 bits per heavy atom. The predicted molar refractivity (Wildman–Crippen MR) is 71.8 cm³/mol. The van der Waals surface area contributed by atoms with E-state index in [0.717, 1.165) is 32.1 Å². The summed E-state index contributed by atoms with van der Waals surface area (Å²) in [6.07, 6.45) is 8.60. The van der Waals surface area contributed by atoms with Crippen LogP contribution < -0.4 is 0 Å². The van der Waals surface area contributed by atoms with Gasteiger partial charge in [0.2, 0.25) is 0 Å². The maximum atomic E-state index is 10.2. The van der Waals surface area contributed by atoms with E-state index in [1.165, 1.54) is 11.1 Å². The summed E-state index contributed by atoms with van der Waals surface area (Å²) < 4.78 is 0. The van der Waals surface area contributed by atoms with Gasteiger partial charge < -0.3 is 10.2 Å². The zero-order valence-corrected chi connectivity index (χ0v) is 11.4. The van der Waals surface area contributed by atoms with Crippen molar-refractivity contribution < 1.29 is 10.2 Å². The summed E-state index contributed by atoms with van der Waals surface area (Å²) in [7, 11) is 0. The zero-order chi connectivity index (χ0) is 12.9. The molecule has 0 spiro atoms. The van der Waals surface area contributed by atoms with Gasteiger partial charge in [0.1, 0.15) is 0 Å². The van der Waals surface area contributed by atoms with Crippen molar-refractivity contribution in [3.8, 4) is 0 Å². The van der Waals surface area contributed by atoms with Crippen molar-refractivity contribution in [2.45, 2.75) is 59.0 Å². The van der Waals surface area contributed by atoms with Crippen LogP contribution in [0.25, 0.3) is 0 Å². The lowest BCUT2D eigenvalue weighted by Gasteiger charge is -2.32.